The monoisotopic (exact) mass is 205 g/mol. The fraction of sp³-hybridized carbons (Fsp3) is 0.444. The Morgan fingerprint density at radius 3 is 2.29 bits per heavy atom. The van der Waals surface area contributed by atoms with E-state index in [1.165, 1.54) is 19.9 Å². The van der Waals surface area contributed by atoms with E-state index in [0.29, 0.717) is 0 Å². The summed E-state index contributed by atoms with van der Waals surface area (Å²) in [6, 6.07) is 2.12. The second-order valence-electron chi connectivity index (χ2n) is 3.04. The van der Waals surface area contributed by atoms with Crippen LogP contribution in [0.15, 0.2) is 12.1 Å². The number of pyridine rings is 1. The minimum Gasteiger partial charge on any atom is -0.387 e. The van der Waals surface area contributed by atoms with Crippen LogP contribution in [0.1, 0.15) is 30.0 Å². The Morgan fingerprint density at radius 1 is 1.36 bits per heavy atom. The molecule has 0 spiro atoms. The average molecular weight is 205 g/mol. The molecule has 1 unspecified atom stereocenters. The van der Waals surface area contributed by atoms with E-state index in [9.17, 15) is 13.2 Å². The number of aliphatic hydroxyl groups is 1. The van der Waals surface area contributed by atoms with Gasteiger partial charge in [0.15, 0.2) is 0 Å². The topological polar surface area (TPSA) is 33.1 Å². The molecule has 14 heavy (non-hydrogen) atoms. The molecule has 0 aromatic carbocycles. The van der Waals surface area contributed by atoms with Crippen molar-refractivity contribution in [2.75, 3.05) is 0 Å². The second kappa shape index (κ2) is 3.57. The third-order valence-electron chi connectivity index (χ3n) is 1.84. The number of alkyl halides is 3. The Balaban J connectivity index is 3.15. The van der Waals surface area contributed by atoms with Gasteiger partial charge in [-0.2, -0.15) is 13.2 Å². The predicted molar refractivity (Wildman–Crippen MR) is 44.6 cm³/mol. The van der Waals surface area contributed by atoms with Gasteiger partial charge < -0.3 is 5.11 Å². The highest BCUT2D eigenvalue weighted by atomic mass is 19.4. The van der Waals surface area contributed by atoms with Crippen LogP contribution in [0.5, 0.6) is 0 Å². The first-order valence-electron chi connectivity index (χ1n) is 4.05. The standard InChI is InChI=1S/C9H10F3NO/c1-5-7(9(10,11)12)3-4-8(13-5)6(2)14/h3-4,6,14H,1-2H3. The molecule has 0 saturated carbocycles. The summed E-state index contributed by atoms with van der Waals surface area (Å²) < 4.78 is 36.8. The number of nitrogens with zero attached hydrogens (tertiary/aromatic N) is 1. The van der Waals surface area contributed by atoms with Gasteiger partial charge in [-0.1, -0.05) is 0 Å². The van der Waals surface area contributed by atoms with Gasteiger partial charge in [-0.15, -0.1) is 0 Å². The van der Waals surface area contributed by atoms with Crippen molar-refractivity contribution in [3.63, 3.8) is 0 Å². The van der Waals surface area contributed by atoms with Crippen LogP contribution in [-0.2, 0) is 6.18 Å². The molecule has 2 nitrogen and oxygen atoms in total. The van der Waals surface area contributed by atoms with Crippen LogP contribution in [0.25, 0.3) is 0 Å². The fourth-order valence-corrected chi connectivity index (χ4v) is 1.11. The van der Waals surface area contributed by atoms with Gasteiger partial charge in [0, 0.05) is 5.69 Å². The summed E-state index contributed by atoms with van der Waals surface area (Å²) >= 11 is 0. The van der Waals surface area contributed by atoms with E-state index < -0.39 is 17.8 Å². The zero-order chi connectivity index (χ0) is 10.9. The van der Waals surface area contributed by atoms with E-state index >= 15 is 0 Å². The fourth-order valence-electron chi connectivity index (χ4n) is 1.11. The molecule has 5 heteroatoms. The van der Waals surface area contributed by atoms with Gasteiger partial charge in [-0.25, -0.2) is 0 Å². The van der Waals surface area contributed by atoms with Gasteiger partial charge in [-0.05, 0) is 26.0 Å². The number of hydrogen-bond donors (Lipinski definition) is 1. The summed E-state index contributed by atoms with van der Waals surface area (Å²) in [6.07, 6.45) is -5.23. The Labute approximate surface area is 79.4 Å². The highest BCUT2D eigenvalue weighted by Gasteiger charge is 2.33. The van der Waals surface area contributed by atoms with Crippen molar-refractivity contribution in [2.45, 2.75) is 26.1 Å². The molecule has 1 aromatic rings. The molecule has 0 aliphatic carbocycles. The smallest absolute Gasteiger partial charge is 0.387 e. The molecule has 78 valence electrons. The molecule has 0 bridgehead atoms. The van der Waals surface area contributed by atoms with Gasteiger partial charge in [0.05, 0.1) is 17.4 Å². The minimum atomic E-state index is -4.38. The lowest BCUT2D eigenvalue weighted by Gasteiger charge is -2.11. The number of aryl methyl sites for hydroxylation is 1. The molecule has 0 amide bonds. The molecule has 0 saturated heterocycles. The van der Waals surface area contributed by atoms with E-state index in [4.69, 9.17) is 5.11 Å². The molecule has 1 aromatic heterocycles. The van der Waals surface area contributed by atoms with E-state index in [-0.39, 0.29) is 11.4 Å². The maximum atomic E-state index is 12.3. The third kappa shape index (κ3) is 2.23. The largest absolute Gasteiger partial charge is 0.418 e. The highest BCUT2D eigenvalue weighted by molar-refractivity contribution is 5.25. The van der Waals surface area contributed by atoms with Crippen LogP contribution in [-0.4, -0.2) is 10.1 Å². The van der Waals surface area contributed by atoms with Crippen LogP contribution < -0.4 is 0 Å². The molecule has 0 aliphatic rings. The van der Waals surface area contributed by atoms with Gasteiger partial charge in [0.25, 0.3) is 0 Å². The number of rotatable bonds is 1. The Morgan fingerprint density at radius 2 is 1.93 bits per heavy atom. The van der Waals surface area contributed by atoms with Crippen LogP contribution in [0.2, 0.25) is 0 Å². The van der Waals surface area contributed by atoms with Crippen molar-refractivity contribution in [3.8, 4) is 0 Å². The molecule has 0 radical (unpaired) electrons. The van der Waals surface area contributed by atoms with Crippen molar-refractivity contribution in [1.82, 2.24) is 4.98 Å². The van der Waals surface area contributed by atoms with Crippen LogP contribution >= 0.6 is 0 Å². The third-order valence-corrected chi connectivity index (χ3v) is 1.84. The SMILES string of the molecule is Cc1nc(C(C)O)ccc1C(F)(F)F. The molecule has 1 atom stereocenters. The Hall–Kier alpha value is -1.10. The van der Waals surface area contributed by atoms with Crippen molar-refractivity contribution in [3.05, 3.63) is 29.1 Å². The first-order chi connectivity index (χ1) is 6.32. The molecule has 0 aliphatic heterocycles. The zero-order valence-electron chi connectivity index (χ0n) is 7.76. The summed E-state index contributed by atoms with van der Waals surface area (Å²) in [5.41, 5.74) is -0.631. The first-order valence-corrected chi connectivity index (χ1v) is 4.05. The molecular weight excluding hydrogens is 195 g/mol. The summed E-state index contributed by atoms with van der Waals surface area (Å²) in [7, 11) is 0. The van der Waals surface area contributed by atoms with Crippen LogP contribution in [0.3, 0.4) is 0 Å². The Kier molecular flexibility index (Phi) is 2.80. The lowest BCUT2D eigenvalue weighted by Crippen LogP contribution is -2.10. The molecule has 0 fully saturated rings. The quantitative estimate of drug-likeness (QED) is 0.763. The first kappa shape index (κ1) is 11.0. The van der Waals surface area contributed by atoms with Crippen molar-refractivity contribution >= 4 is 0 Å². The number of hydrogen-bond acceptors (Lipinski definition) is 2. The lowest BCUT2D eigenvalue weighted by atomic mass is 10.1. The van der Waals surface area contributed by atoms with Crippen molar-refractivity contribution in [1.29, 1.82) is 0 Å². The van der Waals surface area contributed by atoms with Crippen LogP contribution in [0, 0.1) is 6.92 Å². The van der Waals surface area contributed by atoms with Crippen molar-refractivity contribution < 1.29 is 18.3 Å². The van der Waals surface area contributed by atoms with Gasteiger partial charge in [0.1, 0.15) is 0 Å². The predicted octanol–water partition coefficient (Wildman–Crippen LogP) is 2.46. The van der Waals surface area contributed by atoms with Gasteiger partial charge in [0.2, 0.25) is 0 Å². The molecular formula is C9H10F3NO. The second-order valence-corrected chi connectivity index (χ2v) is 3.04. The van der Waals surface area contributed by atoms with Crippen LogP contribution in [0.4, 0.5) is 13.2 Å². The van der Waals surface area contributed by atoms with E-state index in [1.54, 1.807) is 0 Å². The molecule has 1 heterocycles. The maximum Gasteiger partial charge on any atom is 0.418 e. The zero-order valence-corrected chi connectivity index (χ0v) is 7.76. The van der Waals surface area contributed by atoms with E-state index in [2.05, 4.69) is 4.98 Å². The highest BCUT2D eigenvalue weighted by Crippen LogP contribution is 2.31. The summed E-state index contributed by atoms with van der Waals surface area (Å²) in [4.78, 5) is 3.67. The summed E-state index contributed by atoms with van der Waals surface area (Å²) in [5, 5.41) is 9.10. The molecule has 1 N–H and O–H groups in total. The van der Waals surface area contributed by atoms with Gasteiger partial charge in [-0.3, -0.25) is 4.98 Å². The lowest BCUT2D eigenvalue weighted by molar-refractivity contribution is -0.138. The summed E-state index contributed by atoms with van der Waals surface area (Å²) in [5.74, 6) is 0. The van der Waals surface area contributed by atoms with E-state index in [0.717, 1.165) is 6.07 Å². The Bertz CT molecular complexity index is 333. The summed E-state index contributed by atoms with van der Waals surface area (Å²) in [6.45, 7) is 2.73. The normalized spacial score (nSPS) is 14.1. The number of aromatic nitrogens is 1. The van der Waals surface area contributed by atoms with Crippen molar-refractivity contribution in [2.24, 2.45) is 0 Å². The van der Waals surface area contributed by atoms with E-state index in [1.807, 2.05) is 0 Å². The maximum absolute atomic E-state index is 12.3. The average Bonchev–Trinajstić information content (AvgIpc) is 2.01. The minimum absolute atomic E-state index is 0.115. The number of aliphatic hydroxyl groups excluding tert-OH is 1. The van der Waals surface area contributed by atoms with Gasteiger partial charge >= 0.3 is 6.18 Å². The molecule has 1 rings (SSSR count). The number of halogens is 3.